The van der Waals surface area contributed by atoms with Crippen LogP contribution in [0, 0.1) is 11.8 Å². The molecular weight excluding hydrogens is 310 g/mol. The van der Waals surface area contributed by atoms with Gasteiger partial charge < -0.3 is 4.90 Å². The van der Waals surface area contributed by atoms with Gasteiger partial charge in [-0.2, -0.15) is 0 Å². The number of carbonyl (C=O) groups excluding carboxylic acids is 1. The molecule has 0 N–H and O–H groups in total. The lowest BCUT2D eigenvalue weighted by atomic mass is 9.85. The van der Waals surface area contributed by atoms with Crippen molar-refractivity contribution in [2.45, 2.75) is 38.1 Å². The lowest BCUT2D eigenvalue weighted by Gasteiger charge is -2.41. The van der Waals surface area contributed by atoms with E-state index in [1.54, 1.807) is 17.0 Å². The smallest absolute Gasteiger partial charge is 0.262 e. The molecule has 0 spiro atoms. The zero-order valence-corrected chi connectivity index (χ0v) is 14.0. The standard InChI is InChI=1S/C15H20ClNO3S/c1-10-8-11(2)12(3)17(9-10)15(18)13-6-4-5-7-14(13)21(16,19)20/h4-7,10-12H,8-9H2,1-3H3. The second-order valence-corrected chi connectivity index (χ2v) is 8.48. The molecule has 1 heterocycles. The Morgan fingerprint density at radius 2 is 1.86 bits per heavy atom. The molecule has 3 unspecified atom stereocenters. The first-order valence-electron chi connectivity index (χ1n) is 7.06. The Hall–Kier alpha value is -1.07. The Kier molecular flexibility index (Phi) is 4.63. The quantitative estimate of drug-likeness (QED) is 0.783. The van der Waals surface area contributed by atoms with Crippen LogP contribution in [0.1, 0.15) is 37.6 Å². The topological polar surface area (TPSA) is 54.5 Å². The monoisotopic (exact) mass is 329 g/mol. The predicted molar refractivity (Wildman–Crippen MR) is 82.9 cm³/mol. The fraction of sp³-hybridized carbons (Fsp3) is 0.533. The third-order valence-electron chi connectivity index (χ3n) is 4.24. The van der Waals surface area contributed by atoms with Crippen LogP contribution in [-0.4, -0.2) is 31.8 Å². The van der Waals surface area contributed by atoms with Gasteiger partial charge in [-0.25, -0.2) is 8.42 Å². The summed E-state index contributed by atoms with van der Waals surface area (Å²) in [5, 5.41) is 0. The van der Waals surface area contributed by atoms with Gasteiger partial charge in [-0.3, -0.25) is 4.79 Å². The van der Waals surface area contributed by atoms with Crippen molar-refractivity contribution in [2.75, 3.05) is 6.54 Å². The van der Waals surface area contributed by atoms with Gasteiger partial charge in [0.15, 0.2) is 0 Å². The van der Waals surface area contributed by atoms with E-state index < -0.39 is 9.05 Å². The summed E-state index contributed by atoms with van der Waals surface area (Å²) in [4.78, 5) is 14.4. The first-order valence-corrected chi connectivity index (χ1v) is 9.37. The zero-order valence-electron chi connectivity index (χ0n) is 12.4. The minimum atomic E-state index is -3.94. The normalized spacial score (nSPS) is 26.7. The molecule has 2 rings (SSSR count). The van der Waals surface area contributed by atoms with Gasteiger partial charge in [0.2, 0.25) is 0 Å². The molecule has 0 radical (unpaired) electrons. The maximum absolute atomic E-state index is 12.8. The van der Waals surface area contributed by atoms with E-state index in [1.165, 1.54) is 12.1 Å². The number of carbonyl (C=O) groups is 1. The number of hydrogen-bond acceptors (Lipinski definition) is 3. The molecule has 0 aliphatic carbocycles. The number of nitrogens with zero attached hydrogens (tertiary/aromatic N) is 1. The van der Waals surface area contributed by atoms with Crippen LogP contribution in [0.2, 0.25) is 0 Å². The van der Waals surface area contributed by atoms with Crippen molar-refractivity contribution in [1.82, 2.24) is 4.90 Å². The first-order chi connectivity index (χ1) is 9.71. The highest BCUT2D eigenvalue weighted by atomic mass is 35.7. The SMILES string of the molecule is CC1CC(C)C(C)N(C(=O)c2ccccc2S(=O)(=O)Cl)C1. The van der Waals surface area contributed by atoms with E-state index in [2.05, 4.69) is 13.8 Å². The van der Waals surface area contributed by atoms with Gasteiger partial charge >= 0.3 is 0 Å². The molecule has 1 aliphatic rings. The van der Waals surface area contributed by atoms with E-state index in [0.29, 0.717) is 18.4 Å². The van der Waals surface area contributed by atoms with E-state index in [4.69, 9.17) is 10.7 Å². The van der Waals surface area contributed by atoms with Crippen molar-refractivity contribution in [3.8, 4) is 0 Å². The summed E-state index contributed by atoms with van der Waals surface area (Å²) in [5.41, 5.74) is 0.153. The molecular formula is C15H20ClNO3S. The van der Waals surface area contributed by atoms with Crippen LogP contribution < -0.4 is 0 Å². The Morgan fingerprint density at radius 3 is 2.48 bits per heavy atom. The predicted octanol–water partition coefficient (Wildman–Crippen LogP) is 3.12. The summed E-state index contributed by atoms with van der Waals surface area (Å²) in [6, 6.07) is 6.20. The van der Waals surface area contributed by atoms with Gasteiger partial charge in [0, 0.05) is 23.3 Å². The fourth-order valence-electron chi connectivity index (χ4n) is 2.99. The van der Waals surface area contributed by atoms with Crippen LogP contribution in [-0.2, 0) is 9.05 Å². The molecule has 4 nitrogen and oxygen atoms in total. The third kappa shape index (κ3) is 3.40. The zero-order chi connectivity index (χ0) is 15.8. The van der Waals surface area contributed by atoms with Gasteiger partial charge in [0.05, 0.1) is 10.5 Å². The van der Waals surface area contributed by atoms with Crippen molar-refractivity contribution < 1.29 is 13.2 Å². The molecule has 1 amide bonds. The van der Waals surface area contributed by atoms with Crippen LogP contribution in [0.3, 0.4) is 0 Å². The van der Waals surface area contributed by atoms with Crippen LogP contribution in [0.4, 0.5) is 0 Å². The molecule has 3 atom stereocenters. The lowest BCUT2D eigenvalue weighted by molar-refractivity contribution is 0.0452. The average Bonchev–Trinajstić information content (AvgIpc) is 2.41. The van der Waals surface area contributed by atoms with Crippen molar-refractivity contribution in [3.05, 3.63) is 29.8 Å². The van der Waals surface area contributed by atoms with E-state index in [9.17, 15) is 13.2 Å². The molecule has 116 valence electrons. The Balaban J connectivity index is 2.41. The highest BCUT2D eigenvalue weighted by Gasteiger charge is 2.34. The highest BCUT2D eigenvalue weighted by Crippen LogP contribution is 2.30. The number of piperidine rings is 1. The van der Waals surface area contributed by atoms with Crippen molar-refractivity contribution >= 4 is 25.6 Å². The van der Waals surface area contributed by atoms with Crippen LogP contribution in [0.5, 0.6) is 0 Å². The second kappa shape index (κ2) is 5.97. The maximum Gasteiger partial charge on any atom is 0.262 e. The molecule has 1 fully saturated rings. The van der Waals surface area contributed by atoms with Crippen LogP contribution in [0.15, 0.2) is 29.2 Å². The summed E-state index contributed by atoms with van der Waals surface area (Å²) in [6.07, 6.45) is 1.07. The van der Waals surface area contributed by atoms with E-state index in [1.807, 2.05) is 6.92 Å². The third-order valence-corrected chi connectivity index (χ3v) is 5.62. The van der Waals surface area contributed by atoms with Gasteiger partial charge in [0.25, 0.3) is 15.0 Å². The molecule has 0 saturated carbocycles. The molecule has 6 heteroatoms. The molecule has 1 aromatic carbocycles. The molecule has 1 aliphatic heterocycles. The summed E-state index contributed by atoms with van der Waals surface area (Å²) in [5.74, 6) is 0.526. The van der Waals surface area contributed by atoms with Crippen molar-refractivity contribution in [3.63, 3.8) is 0 Å². The van der Waals surface area contributed by atoms with Crippen molar-refractivity contribution in [1.29, 1.82) is 0 Å². The molecule has 1 saturated heterocycles. The van der Waals surface area contributed by atoms with E-state index in [0.717, 1.165) is 6.42 Å². The second-order valence-electron chi connectivity index (χ2n) is 5.95. The van der Waals surface area contributed by atoms with Crippen LogP contribution >= 0.6 is 10.7 Å². The number of amides is 1. The molecule has 0 bridgehead atoms. The average molecular weight is 330 g/mol. The molecule has 1 aromatic rings. The van der Waals surface area contributed by atoms with Crippen molar-refractivity contribution in [2.24, 2.45) is 11.8 Å². The van der Waals surface area contributed by atoms with Gasteiger partial charge in [-0.1, -0.05) is 26.0 Å². The maximum atomic E-state index is 12.8. The van der Waals surface area contributed by atoms with Crippen LogP contribution in [0.25, 0.3) is 0 Å². The Morgan fingerprint density at radius 1 is 1.24 bits per heavy atom. The molecule has 21 heavy (non-hydrogen) atoms. The summed E-state index contributed by atoms with van der Waals surface area (Å²) in [6.45, 7) is 6.87. The number of halogens is 1. The number of benzene rings is 1. The minimum absolute atomic E-state index is 0.0831. The number of likely N-dealkylation sites (tertiary alicyclic amines) is 1. The number of rotatable bonds is 2. The summed E-state index contributed by atoms with van der Waals surface area (Å²) >= 11 is 0. The Labute approximate surface area is 130 Å². The van der Waals surface area contributed by atoms with E-state index in [-0.39, 0.29) is 22.4 Å². The van der Waals surface area contributed by atoms with E-state index >= 15 is 0 Å². The lowest BCUT2D eigenvalue weighted by Crippen LogP contribution is -2.49. The largest absolute Gasteiger partial charge is 0.335 e. The fourth-order valence-corrected chi connectivity index (χ4v) is 4.06. The summed E-state index contributed by atoms with van der Waals surface area (Å²) in [7, 11) is 1.50. The highest BCUT2D eigenvalue weighted by molar-refractivity contribution is 8.13. The first kappa shape index (κ1) is 16.3. The van der Waals surface area contributed by atoms with Gasteiger partial charge in [-0.05, 0) is 37.3 Å². The van der Waals surface area contributed by atoms with Gasteiger partial charge in [0.1, 0.15) is 0 Å². The van der Waals surface area contributed by atoms with Gasteiger partial charge in [-0.15, -0.1) is 0 Å². The number of hydrogen-bond donors (Lipinski definition) is 0. The Bertz CT molecular complexity index is 644. The summed E-state index contributed by atoms with van der Waals surface area (Å²) < 4.78 is 23.3. The minimum Gasteiger partial charge on any atom is -0.335 e. The molecule has 0 aromatic heterocycles.